The zero-order valence-corrected chi connectivity index (χ0v) is 21.5. The molecule has 5 rings (SSSR count). The molecule has 38 heavy (non-hydrogen) atoms. The number of aromatic nitrogens is 1. The summed E-state index contributed by atoms with van der Waals surface area (Å²) in [6, 6.07) is 19.8. The van der Waals surface area contributed by atoms with Gasteiger partial charge in [-0.3, -0.25) is 14.5 Å². The molecule has 1 fully saturated rings. The molecule has 4 aromatic rings. The van der Waals surface area contributed by atoms with Crippen molar-refractivity contribution < 1.29 is 18.7 Å². The Bertz CT molecular complexity index is 1390. The molecule has 0 bridgehead atoms. The molecule has 7 heteroatoms. The molecule has 0 saturated heterocycles. The zero-order chi connectivity index (χ0) is 26.5. The van der Waals surface area contributed by atoms with E-state index in [1.54, 1.807) is 43.5 Å². The van der Waals surface area contributed by atoms with Gasteiger partial charge in [0, 0.05) is 28.8 Å². The average molecular weight is 514 g/mol. The minimum absolute atomic E-state index is 0.0655. The number of hydrogen-bond donors (Lipinski definition) is 2. The van der Waals surface area contributed by atoms with Crippen molar-refractivity contribution in [3.8, 4) is 5.75 Å². The lowest BCUT2D eigenvalue weighted by Crippen LogP contribution is -2.47. The molecule has 2 amide bonds. The maximum Gasteiger partial charge on any atom is 0.248 e. The summed E-state index contributed by atoms with van der Waals surface area (Å²) in [5, 5.41) is 4.16. The van der Waals surface area contributed by atoms with Gasteiger partial charge in [-0.25, -0.2) is 4.39 Å². The Morgan fingerprint density at radius 3 is 2.42 bits per heavy atom. The van der Waals surface area contributed by atoms with Crippen LogP contribution in [0.2, 0.25) is 0 Å². The number of carbonyl (C=O) groups excluding carboxylic acids is 2. The van der Waals surface area contributed by atoms with Crippen LogP contribution in [0.5, 0.6) is 5.75 Å². The number of halogens is 1. The van der Waals surface area contributed by atoms with E-state index in [0.717, 1.165) is 42.1 Å². The van der Waals surface area contributed by atoms with Gasteiger partial charge in [0.25, 0.3) is 0 Å². The third-order valence-corrected chi connectivity index (χ3v) is 7.28. The number of methoxy groups -OCH3 is 1. The van der Waals surface area contributed by atoms with Gasteiger partial charge in [-0.2, -0.15) is 0 Å². The number of nitrogens with zero attached hydrogens (tertiary/aromatic N) is 1. The van der Waals surface area contributed by atoms with Crippen LogP contribution in [-0.2, 0) is 16.0 Å². The van der Waals surface area contributed by atoms with Crippen molar-refractivity contribution in [1.29, 1.82) is 0 Å². The second kappa shape index (κ2) is 11.5. The molecule has 1 aromatic heterocycles. The largest absolute Gasteiger partial charge is 0.497 e. The van der Waals surface area contributed by atoms with Crippen LogP contribution in [0, 0.1) is 5.82 Å². The Morgan fingerprint density at radius 2 is 1.71 bits per heavy atom. The van der Waals surface area contributed by atoms with Gasteiger partial charge in [0.15, 0.2) is 0 Å². The minimum atomic E-state index is -0.939. The van der Waals surface area contributed by atoms with Crippen molar-refractivity contribution in [1.82, 2.24) is 10.3 Å². The Balaban J connectivity index is 1.55. The fraction of sp³-hybridized carbons (Fsp3) is 0.290. The number of hydrogen-bond acceptors (Lipinski definition) is 3. The number of carbonyl (C=O) groups is 2. The quantitative estimate of drug-likeness (QED) is 0.300. The molecule has 2 N–H and O–H groups in total. The van der Waals surface area contributed by atoms with E-state index >= 15 is 0 Å². The lowest BCUT2D eigenvalue weighted by Gasteiger charge is -2.33. The molecule has 0 spiro atoms. The number of nitrogens with one attached hydrogen (secondary N) is 2. The predicted octanol–water partition coefficient (Wildman–Crippen LogP) is 6.08. The highest BCUT2D eigenvalue weighted by Gasteiger charge is 2.34. The van der Waals surface area contributed by atoms with Crippen molar-refractivity contribution in [2.45, 2.75) is 50.6 Å². The maximum atomic E-state index is 14.1. The first kappa shape index (κ1) is 25.5. The van der Waals surface area contributed by atoms with E-state index < -0.39 is 11.9 Å². The average Bonchev–Trinajstić information content (AvgIpc) is 3.35. The number of amides is 2. The maximum absolute atomic E-state index is 14.1. The van der Waals surface area contributed by atoms with Gasteiger partial charge in [-0.15, -0.1) is 0 Å². The van der Waals surface area contributed by atoms with Gasteiger partial charge >= 0.3 is 0 Å². The third-order valence-electron chi connectivity index (χ3n) is 7.28. The summed E-state index contributed by atoms with van der Waals surface area (Å²) in [6.45, 7) is 0. The fourth-order valence-corrected chi connectivity index (χ4v) is 5.30. The molecule has 1 aliphatic carbocycles. The molecule has 196 valence electrons. The number of H-pyrrole nitrogens is 1. The molecule has 0 aliphatic heterocycles. The van der Waals surface area contributed by atoms with Crippen molar-refractivity contribution in [3.05, 3.63) is 95.9 Å². The zero-order valence-electron chi connectivity index (χ0n) is 21.5. The van der Waals surface area contributed by atoms with Gasteiger partial charge in [-0.05, 0) is 66.4 Å². The highest BCUT2D eigenvalue weighted by molar-refractivity contribution is 6.03. The Hall–Kier alpha value is -4.13. The topological polar surface area (TPSA) is 74.4 Å². The summed E-state index contributed by atoms with van der Waals surface area (Å²) < 4.78 is 19.2. The number of ether oxygens (including phenoxy) is 1. The van der Waals surface area contributed by atoms with E-state index in [4.69, 9.17) is 4.74 Å². The van der Waals surface area contributed by atoms with E-state index in [2.05, 4.69) is 10.3 Å². The van der Waals surface area contributed by atoms with Crippen LogP contribution in [-0.4, -0.2) is 29.9 Å². The summed E-state index contributed by atoms with van der Waals surface area (Å²) in [4.78, 5) is 32.8. The van der Waals surface area contributed by atoms with Gasteiger partial charge < -0.3 is 15.0 Å². The highest BCUT2D eigenvalue weighted by atomic mass is 19.1. The van der Waals surface area contributed by atoms with Gasteiger partial charge in [0.2, 0.25) is 11.8 Å². The van der Waals surface area contributed by atoms with Crippen LogP contribution in [0.15, 0.2) is 79.0 Å². The van der Waals surface area contributed by atoms with Crippen molar-refractivity contribution in [3.63, 3.8) is 0 Å². The van der Waals surface area contributed by atoms with Crippen LogP contribution in [0.4, 0.5) is 10.1 Å². The first-order valence-corrected chi connectivity index (χ1v) is 13.1. The number of benzene rings is 3. The van der Waals surface area contributed by atoms with E-state index in [0.29, 0.717) is 17.0 Å². The molecule has 0 radical (unpaired) electrons. The number of aromatic amines is 1. The SMILES string of the molecule is COc1ccc(C(C(=O)NC2CCCCC2)N(C(=O)Cc2c[nH]c3ccccc23)c2ccc(F)cc2)cc1. The smallest absolute Gasteiger partial charge is 0.248 e. The van der Waals surface area contributed by atoms with Crippen molar-refractivity contribution in [2.75, 3.05) is 12.0 Å². The third kappa shape index (κ3) is 5.57. The molecular formula is C31H32FN3O3. The van der Waals surface area contributed by atoms with Crippen molar-refractivity contribution in [2.24, 2.45) is 0 Å². The number of anilines is 1. The summed E-state index contributed by atoms with van der Waals surface area (Å²) in [6.07, 6.45) is 7.04. The lowest BCUT2D eigenvalue weighted by atomic mass is 9.94. The predicted molar refractivity (Wildman–Crippen MR) is 147 cm³/mol. The summed E-state index contributed by atoms with van der Waals surface area (Å²) in [7, 11) is 1.58. The Kier molecular flexibility index (Phi) is 7.73. The molecule has 1 unspecified atom stereocenters. The van der Waals surface area contributed by atoms with Crippen LogP contribution in [0.1, 0.15) is 49.3 Å². The standard InChI is InChI=1S/C31H32FN3O3/c1-38-26-17-11-21(12-18-26)30(31(37)34-24-7-3-2-4-8-24)35(25-15-13-23(32)14-16-25)29(36)19-22-20-33-28-10-6-5-9-27(22)28/h5-6,9-18,20,24,30,33H,2-4,7-8,19H2,1H3,(H,34,37). The highest BCUT2D eigenvalue weighted by Crippen LogP contribution is 2.32. The second-order valence-corrected chi connectivity index (χ2v) is 9.80. The Morgan fingerprint density at radius 1 is 1.00 bits per heavy atom. The molecular weight excluding hydrogens is 481 g/mol. The summed E-state index contributed by atoms with van der Waals surface area (Å²) in [5.74, 6) is -0.274. The van der Waals surface area contributed by atoms with Crippen LogP contribution in [0.3, 0.4) is 0 Å². The molecule has 1 atom stereocenters. The van der Waals surface area contributed by atoms with Gasteiger partial charge in [-0.1, -0.05) is 49.6 Å². The van der Waals surface area contributed by atoms with Crippen LogP contribution in [0.25, 0.3) is 10.9 Å². The number of fused-ring (bicyclic) bond motifs is 1. The first-order valence-electron chi connectivity index (χ1n) is 13.1. The molecule has 1 aliphatic rings. The van der Waals surface area contributed by atoms with Crippen molar-refractivity contribution >= 4 is 28.4 Å². The van der Waals surface area contributed by atoms with E-state index in [1.807, 2.05) is 30.5 Å². The second-order valence-electron chi connectivity index (χ2n) is 9.80. The fourth-order valence-electron chi connectivity index (χ4n) is 5.30. The van der Waals surface area contributed by atoms with Crippen LogP contribution < -0.4 is 15.0 Å². The number of rotatable bonds is 8. The summed E-state index contributed by atoms with van der Waals surface area (Å²) in [5.41, 5.74) is 2.87. The first-order chi connectivity index (χ1) is 18.5. The number of para-hydroxylation sites is 1. The van der Waals surface area contributed by atoms with E-state index in [1.165, 1.54) is 23.5 Å². The van der Waals surface area contributed by atoms with Gasteiger partial charge in [0.05, 0.1) is 13.5 Å². The normalized spacial score (nSPS) is 14.7. The van der Waals surface area contributed by atoms with Crippen LogP contribution >= 0.6 is 0 Å². The molecule has 1 heterocycles. The summed E-state index contributed by atoms with van der Waals surface area (Å²) >= 11 is 0. The van der Waals surface area contributed by atoms with Gasteiger partial charge in [0.1, 0.15) is 17.6 Å². The molecule has 6 nitrogen and oxygen atoms in total. The lowest BCUT2D eigenvalue weighted by molar-refractivity contribution is -0.127. The van der Waals surface area contributed by atoms with E-state index in [-0.39, 0.29) is 24.3 Å². The van der Waals surface area contributed by atoms with E-state index in [9.17, 15) is 14.0 Å². The monoisotopic (exact) mass is 513 g/mol. The molecule has 1 saturated carbocycles. The molecule has 3 aromatic carbocycles. The minimum Gasteiger partial charge on any atom is -0.497 e. The Labute approximate surface area is 221 Å².